The first-order valence-corrected chi connectivity index (χ1v) is 6.64. The van der Waals surface area contributed by atoms with Gasteiger partial charge >= 0.3 is 5.76 Å². The summed E-state index contributed by atoms with van der Waals surface area (Å²) < 4.78 is 5.08. The number of hydrogen-bond donors (Lipinski definition) is 2. The molecule has 0 spiro atoms. The van der Waals surface area contributed by atoms with Gasteiger partial charge < -0.3 is 9.73 Å². The summed E-state index contributed by atoms with van der Waals surface area (Å²) in [5.74, 6) is 0.459. The number of benzene rings is 1. The Labute approximate surface area is 105 Å². The van der Waals surface area contributed by atoms with E-state index < -0.39 is 0 Å². The topological polar surface area (TPSA) is 58.0 Å². The summed E-state index contributed by atoms with van der Waals surface area (Å²) in [6.45, 7) is 2.30. The molecule has 0 unspecified atom stereocenters. The van der Waals surface area contributed by atoms with E-state index in [2.05, 4.69) is 16.4 Å². The molecule has 4 nitrogen and oxygen atoms in total. The molecule has 2 aromatic rings. The normalized spacial score (nSPS) is 17.3. The number of oxazole rings is 1. The van der Waals surface area contributed by atoms with Crippen LogP contribution in [-0.2, 0) is 6.42 Å². The lowest BCUT2D eigenvalue weighted by Crippen LogP contribution is -2.27. The van der Waals surface area contributed by atoms with Gasteiger partial charge in [0.1, 0.15) is 0 Å². The fourth-order valence-corrected chi connectivity index (χ4v) is 2.69. The van der Waals surface area contributed by atoms with E-state index in [1.165, 1.54) is 24.8 Å². The summed E-state index contributed by atoms with van der Waals surface area (Å²) in [6, 6.07) is 5.99. The molecule has 96 valence electrons. The van der Waals surface area contributed by atoms with E-state index in [4.69, 9.17) is 4.42 Å². The molecule has 0 aliphatic carbocycles. The molecule has 2 N–H and O–H groups in total. The predicted octanol–water partition coefficient (Wildman–Crippen LogP) is 2.05. The Morgan fingerprint density at radius 2 is 2.11 bits per heavy atom. The standard InChI is InChI=1S/C14H18N2O2/c17-14-16-12-4-3-11(9-13(12)18-14)2-1-10-5-7-15-8-6-10/h3-4,9-10,15H,1-2,5-8H2,(H,16,17). The Kier molecular flexibility index (Phi) is 3.19. The van der Waals surface area contributed by atoms with E-state index in [0.29, 0.717) is 5.58 Å². The van der Waals surface area contributed by atoms with E-state index >= 15 is 0 Å². The first-order valence-electron chi connectivity index (χ1n) is 6.64. The molecular formula is C14H18N2O2. The molecular weight excluding hydrogens is 228 g/mol. The molecule has 1 aromatic heterocycles. The number of hydrogen-bond acceptors (Lipinski definition) is 3. The van der Waals surface area contributed by atoms with Crippen LogP contribution in [0.15, 0.2) is 27.4 Å². The van der Waals surface area contributed by atoms with Gasteiger partial charge in [0.2, 0.25) is 0 Å². The monoisotopic (exact) mass is 246 g/mol. The van der Waals surface area contributed by atoms with Crippen LogP contribution in [0.4, 0.5) is 0 Å². The van der Waals surface area contributed by atoms with Crippen molar-refractivity contribution in [1.29, 1.82) is 0 Å². The molecule has 18 heavy (non-hydrogen) atoms. The lowest BCUT2D eigenvalue weighted by atomic mass is 9.91. The minimum Gasteiger partial charge on any atom is -0.408 e. The van der Waals surface area contributed by atoms with Crippen LogP contribution >= 0.6 is 0 Å². The molecule has 0 atom stereocenters. The van der Waals surface area contributed by atoms with Crippen molar-refractivity contribution in [3.63, 3.8) is 0 Å². The van der Waals surface area contributed by atoms with Crippen molar-refractivity contribution in [3.8, 4) is 0 Å². The maximum absolute atomic E-state index is 11.1. The van der Waals surface area contributed by atoms with Crippen LogP contribution in [0.1, 0.15) is 24.8 Å². The fourth-order valence-electron chi connectivity index (χ4n) is 2.69. The smallest absolute Gasteiger partial charge is 0.408 e. The second-order valence-electron chi connectivity index (χ2n) is 5.08. The van der Waals surface area contributed by atoms with Crippen LogP contribution in [0.25, 0.3) is 11.1 Å². The van der Waals surface area contributed by atoms with E-state index in [1.807, 2.05) is 12.1 Å². The maximum atomic E-state index is 11.1. The molecule has 4 heteroatoms. The molecule has 1 aliphatic rings. The number of piperidine rings is 1. The second kappa shape index (κ2) is 4.98. The van der Waals surface area contributed by atoms with Gasteiger partial charge in [0, 0.05) is 0 Å². The van der Waals surface area contributed by atoms with Gasteiger partial charge in [-0.25, -0.2) is 4.79 Å². The number of rotatable bonds is 3. The van der Waals surface area contributed by atoms with Gasteiger partial charge in [0.15, 0.2) is 5.58 Å². The van der Waals surface area contributed by atoms with Crippen molar-refractivity contribution in [2.45, 2.75) is 25.7 Å². The Morgan fingerprint density at radius 3 is 2.94 bits per heavy atom. The van der Waals surface area contributed by atoms with Crippen molar-refractivity contribution in [2.24, 2.45) is 5.92 Å². The van der Waals surface area contributed by atoms with Gasteiger partial charge in [-0.2, -0.15) is 0 Å². The van der Waals surface area contributed by atoms with Gasteiger partial charge in [0.05, 0.1) is 5.52 Å². The van der Waals surface area contributed by atoms with E-state index in [-0.39, 0.29) is 5.76 Å². The molecule has 1 aromatic carbocycles. The average molecular weight is 246 g/mol. The molecule has 1 aliphatic heterocycles. The zero-order valence-corrected chi connectivity index (χ0v) is 10.4. The Balaban J connectivity index is 1.68. The summed E-state index contributed by atoms with van der Waals surface area (Å²) in [5.41, 5.74) is 2.71. The third-order valence-electron chi connectivity index (χ3n) is 3.79. The molecule has 0 bridgehead atoms. The Morgan fingerprint density at radius 1 is 1.28 bits per heavy atom. The summed E-state index contributed by atoms with van der Waals surface area (Å²) >= 11 is 0. The van der Waals surface area contributed by atoms with Crippen molar-refractivity contribution in [1.82, 2.24) is 10.3 Å². The highest BCUT2D eigenvalue weighted by molar-refractivity contribution is 5.72. The lowest BCUT2D eigenvalue weighted by molar-refractivity contribution is 0.354. The zero-order chi connectivity index (χ0) is 12.4. The Hall–Kier alpha value is -1.55. The first-order chi connectivity index (χ1) is 8.81. The highest BCUT2D eigenvalue weighted by atomic mass is 16.4. The maximum Gasteiger partial charge on any atom is 0.417 e. The lowest BCUT2D eigenvalue weighted by Gasteiger charge is -2.22. The van der Waals surface area contributed by atoms with E-state index in [9.17, 15) is 4.79 Å². The number of aryl methyl sites for hydroxylation is 1. The zero-order valence-electron chi connectivity index (χ0n) is 10.4. The van der Waals surface area contributed by atoms with Gasteiger partial charge in [-0.15, -0.1) is 0 Å². The third-order valence-corrected chi connectivity index (χ3v) is 3.79. The predicted molar refractivity (Wildman–Crippen MR) is 70.7 cm³/mol. The van der Waals surface area contributed by atoms with Crippen molar-refractivity contribution >= 4 is 11.1 Å². The average Bonchev–Trinajstić information content (AvgIpc) is 2.77. The van der Waals surface area contributed by atoms with E-state index in [1.54, 1.807) is 0 Å². The molecule has 1 fully saturated rings. The second-order valence-corrected chi connectivity index (χ2v) is 5.08. The van der Waals surface area contributed by atoms with E-state index in [0.717, 1.165) is 30.9 Å². The molecule has 0 radical (unpaired) electrons. The Bertz CT molecular complexity index is 579. The molecule has 1 saturated heterocycles. The van der Waals surface area contributed by atoms with Gasteiger partial charge in [-0.05, 0) is 62.4 Å². The molecule has 0 saturated carbocycles. The summed E-state index contributed by atoms with van der Waals surface area (Å²) in [4.78, 5) is 13.7. The van der Waals surface area contributed by atoms with Gasteiger partial charge in [-0.3, -0.25) is 4.98 Å². The third kappa shape index (κ3) is 2.48. The van der Waals surface area contributed by atoms with Crippen LogP contribution in [0.5, 0.6) is 0 Å². The molecule has 3 rings (SSSR count). The van der Waals surface area contributed by atoms with Crippen LogP contribution in [-0.4, -0.2) is 18.1 Å². The largest absolute Gasteiger partial charge is 0.417 e. The minimum absolute atomic E-state index is 0.375. The first kappa shape index (κ1) is 11.5. The number of nitrogens with one attached hydrogen (secondary N) is 2. The van der Waals surface area contributed by atoms with Crippen LogP contribution in [0.3, 0.4) is 0 Å². The van der Waals surface area contributed by atoms with Crippen molar-refractivity contribution in [2.75, 3.05) is 13.1 Å². The van der Waals surface area contributed by atoms with Crippen LogP contribution in [0, 0.1) is 5.92 Å². The summed E-state index contributed by atoms with van der Waals surface area (Å²) in [6.07, 6.45) is 4.85. The SMILES string of the molecule is O=c1[nH]c2ccc(CCC3CCNCC3)cc2o1. The highest BCUT2D eigenvalue weighted by Gasteiger charge is 2.13. The fraction of sp³-hybridized carbons (Fsp3) is 0.500. The number of aromatic amines is 1. The quantitative estimate of drug-likeness (QED) is 0.871. The van der Waals surface area contributed by atoms with Crippen LogP contribution < -0.4 is 11.1 Å². The number of fused-ring (bicyclic) bond motifs is 1. The number of aromatic nitrogens is 1. The van der Waals surface area contributed by atoms with Crippen LogP contribution in [0.2, 0.25) is 0 Å². The molecule has 2 heterocycles. The highest BCUT2D eigenvalue weighted by Crippen LogP contribution is 2.20. The van der Waals surface area contributed by atoms with Gasteiger partial charge in [-0.1, -0.05) is 6.07 Å². The summed E-state index contributed by atoms with van der Waals surface area (Å²) in [5, 5.41) is 3.39. The van der Waals surface area contributed by atoms with Crippen molar-refractivity contribution < 1.29 is 4.42 Å². The van der Waals surface area contributed by atoms with Crippen molar-refractivity contribution in [3.05, 3.63) is 34.3 Å². The minimum atomic E-state index is -0.375. The number of H-pyrrole nitrogens is 1. The summed E-state index contributed by atoms with van der Waals surface area (Å²) in [7, 11) is 0. The molecule has 0 amide bonds. The van der Waals surface area contributed by atoms with Gasteiger partial charge in [0.25, 0.3) is 0 Å².